The topological polar surface area (TPSA) is 134 Å². The van der Waals surface area contributed by atoms with Crippen molar-refractivity contribution in [2.75, 3.05) is 4.72 Å². The Labute approximate surface area is 211 Å². The van der Waals surface area contributed by atoms with Crippen molar-refractivity contribution in [2.45, 2.75) is 4.90 Å². The average molecular weight is 513 g/mol. The van der Waals surface area contributed by atoms with Crippen molar-refractivity contribution in [1.29, 1.82) is 0 Å². The Balaban J connectivity index is 1.47. The molecule has 37 heavy (non-hydrogen) atoms. The maximum Gasteiger partial charge on any atom is 0.335 e. The van der Waals surface area contributed by atoms with E-state index in [4.69, 9.17) is 0 Å². The molecule has 0 aliphatic carbocycles. The Morgan fingerprint density at radius 2 is 1.51 bits per heavy atom. The zero-order valence-electron chi connectivity index (χ0n) is 19.2. The molecule has 0 atom stereocenters. The van der Waals surface area contributed by atoms with Crippen LogP contribution in [0.1, 0.15) is 5.56 Å². The van der Waals surface area contributed by atoms with E-state index in [-0.39, 0.29) is 10.5 Å². The molecule has 0 radical (unpaired) electrons. The second-order valence-corrected chi connectivity index (χ2v) is 9.74. The number of fused-ring (bicyclic) bond motifs is 1. The summed E-state index contributed by atoms with van der Waals surface area (Å²) in [4.78, 5) is 31.6. The van der Waals surface area contributed by atoms with Gasteiger partial charge in [0.2, 0.25) is 5.88 Å². The van der Waals surface area contributed by atoms with Gasteiger partial charge in [0.1, 0.15) is 5.56 Å². The Kier molecular flexibility index (Phi) is 6.16. The third-order valence-corrected chi connectivity index (χ3v) is 7.04. The molecule has 0 unspecified atom stereocenters. The molecule has 1 heterocycles. The first-order valence-electron chi connectivity index (χ1n) is 11.1. The number of hydrogen-bond acceptors (Lipinski definition) is 6. The van der Waals surface area contributed by atoms with Crippen LogP contribution in [0.25, 0.3) is 16.5 Å². The summed E-state index contributed by atoms with van der Waals surface area (Å²) < 4.78 is 28.7. The molecule has 5 rings (SSSR count). The van der Waals surface area contributed by atoms with Crippen LogP contribution in [0.3, 0.4) is 0 Å². The number of nitrogens with one attached hydrogen (secondary N) is 2. The molecule has 0 amide bonds. The average Bonchev–Trinajstić information content (AvgIpc) is 2.89. The summed E-state index contributed by atoms with van der Waals surface area (Å²) in [6, 6.07) is 26.8. The fourth-order valence-electron chi connectivity index (χ4n) is 3.85. The van der Waals surface area contributed by atoms with Crippen LogP contribution in [-0.2, 0) is 10.0 Å². The van der Waals surface area contributed by atoms with Crippen LogP contribution < -0.4 is 16.0 Å². The van der Waals surface area contributed by atoms with E-state index in [1.807, 2.05) is 18.2 Å². The zero-order valence-corrected chi connectivity index (χ0v) is 20.0. The smallest absolute Gasteiger partial charge is 0.335 e. The van der Waals surface area contributed by atoms with E-state index < -0.39 is 27.2 Å². The van der Waals surface area contributed by atoms with Crippen molar-refractivity contribution in [3.63, 3.8) is 0 Å². The van der Waals surface area contributed by atoms with E-state index in [0.717, 1.165) is 16.2 Å². The fourth-order valence-corrected chi connectivity index (χ4v) is 4.91. The Morgan fingerprint density at radius 1 is 0.838 bits per heavy atom. The van der Waals surface area contributed by atoms with Gasteiger partial charge in [-0.2, -0.15) is 0 Å². The standard InChI is InChI=1S/C27H20N4O5S/c32-25-23(26(33)31(27(34)29-25)24-12-6-8-18-7-4-5-11-22(18)24)17-28-19-13-15-21(16-14-19)37(35,36)30-20-9-2-1-3-10-20/h1-17,30,33H,(H,29,32,34). The number of aromatic amines is 1. The van der Waals surface area contributed by atoms with Crippen molar-refractivity contribution in [1.82, 2.24) is 9.55 Å². The van der Waals surface area contributed by atoms with Gasteiger partial charge in [0, 0.05) is 17.3 Å². The van der Waals surface area contributed by atoms with Gasteiger partial charge in [-0.1, -0.05) is 54.6 Å². The van der Waals surface area contributed by atoms with Crippen LogP contribution >= 0.6 is 0 Å². The van der Waals surface area contributed by atoms with Crippen LogP contribution in [0, 0.1) is 0 Å². The van der Waals surface area contributed by atoms with Crippen molar-refractivity contribution in [2.24, 2.45) is 4.99 Å². The van der Waals surface area contributed by atoms with Crippen LogP contribution in [0.5, 0.6) is 5.88 Å². The Bertz CT molecular complexity index is 1850. The van der Waals surface area contributed by atoms with Gasteiger partial charge in [0.05, 0.1) is 16.3 Å². The first kappa shape index (κ1) is 23.8. The number of aromatic hydroxyl groups is 1. The van der Waals surface area contributed by atoms with E-state index >= 15 is 0 Å². The lowest BCUT2D eigenvalue weighted by Crippen LogP contribution is -2.31. The summed E-state index contributed by atoms with van der Waals surface area (Å²) in [5.74, 6) is -0.569. The maximum atomic E-state index is 12.6. The lowest BCUT2D eigenvalue weighted by atomic mass is 10.1. The van der Waals surface area contributed by atoms with Crippen LogP contribution in [-0.4, -0.2) is 29.3 Å². The Hall–Kier alpha value is -4.96. The highest BCUT2D eigenvalue weighted by atomic mass is 32.2. The zero-order chi connectivity index (χ0) is 26.0. The number of sulfonamides is 1. The van der Waals surface area contributed by atoms with Gasteiger partial charge < -0.3 is 5.11 Å². The molecule has 184 valence electrons. The fraction of sp³-hybridized carbons (Fsp3) is 0. The van der Waals surface area contributed by atoms with Gasteiger partial charge in [0.15, 0.2) is 0 Å². The molecule has 5 aromatic rings. The van der Waals surface area contributed by atoms with Crippen molar-refractivity contribution in [3.05, 3.63) is 123 Å². The largest absolute Gasteiger partial charge is 0.493 e. The highest BCUT2D eigenvalue weighted by Crippen LogP contribution is 2.25. The maximum absolute atomic E-state index is 12.6. The van der Waals surface area contributed by atoms with Crippen molar-refractivity contribution >= 4 is 38.4 Å². The van der Waals surface area contributed by atoms with Crippen molar-refractivity contribution in [3.8, 4) is 11.6 Å². The monoisotopic (exact) mass is 512 g/mol. The predicted molar refractivity (Wildman–Crippen MR) is 143 cm³/mol. The first-order valence-corrected chi connectivity index (χ1v) is 12.6. The Morgan fingerprint density at radius 3 is 2.27 bits per heavy atom. The molecule has 0 aliphatic rings. The molecule has 0 bridgehead atoms. The molecule has 0 saturated heterocycles. The highest BCUT2D eigenvalue weighted by Gasteiger charge is 2.17. The molecule has 10 heteroatoms. The number of hydrogen-bond donors (Lipinski definition) is 3. The van der Waals surface area contributed by atoms with Crippen LogP contribution in [0.4, 0.5) is 11.4 Å². The molecular formula is C27H20N4O5S. The quantitative estimate of drug-likeness (QED) is 0.296. The summed E-state index contributed by atoms with van der Waals surface area (Å²) >= 11 is 0. The number of H-pyrrole nitrogens is 1. The van der Waals surface area contributed by atoms with Crippen molar-refractivity contribution < 1.29 is 13.5 Å². The lowest BCUT2D eigenvalue weighted by molar-refractivity contribution is 0.430. The number of benzene rings is 4. The van der Waals surface area contributed by atoms with Gasteiger partial charge in [0.25, 0.3) is 15.6 Å². The van der Waals surface area contributed by atoms with Crippen LogP contribution in [0.15, 0.2) is 117 Å². The molecule has 0 fully saturated rings. The third kappa shape index (κ3) is 4.78. The minimum absolute atomic E-state index is 0.0282. The molecular weight excluding hydrogens is 492 g/mol. The van der Waals surface area contributed by atoms with E-state index in [1.54, 1.807) is 54.6 Å². The molecule has 0 saturated carbocycles. The molecule has 0 aliphatic heterocycles. The first-order chi connectivity index (χ1) is 17.8. The summed E-state index contributed by atoms with van der Waals surface area (Å²) in [6.07, 6.45) is 1.13. The molecule has 0 spiro atoms. The van der Waals surface area contributed by atoms with Gasteiger partial charge in [-0.25, -0.2) is 17.8 Å². The van der Waals surface area contributed by atoms with E-state index in [2.05, 4.69) is 14.7 Å². The summed E-state index contributed by atoms with van der Waals surface area (Å²) in [6.45, 7) is 0. The second kappa shape index (κ2) is 9.59. The number of anilines is 1. The van der Waals surface area contributed by atoms with Crippen LogP contribution in [0.2, 0.25) is 0 Å². The van der Waals surface area contributed by atoms with E-state index in [9.17, 15) is 23.1 Å². The number of aromatic nitrogens is 2. The SMILES string of the molecule is O=c1[nH]c(=O)n(-c2cccc3ccccc23)c(O)c1C=Nc1ccc(S(=O)(=O)Nc2ccccc2)cc1. The number of para-hydroxylation sites is 1. The number of rotatable bonds is 6. The number of nitrogens with zero attached hydrogens (tertiary/aromatic N) is 2. The minimum atomic E-state index is -3.80. The summed E-state index contributed by atoms with van der Waals surface area (Å²) in [5.41, 5.74) is -0.673. The van der Waals surface area contributed by atoms with E-state index in [0.29, 0.717) is 22.4 Å². The van der Waals surface area contributed by atoms with E-state index in [1.165, 1.54) is 24.3 Å². The molecule has 9 nitrogen and oxygen atoms in total. The molecule has 3 N–H and O–H groups in total. The van der Waals surface area contributed by atoms with Gasteiger partial charge in [-0.15, -0.1) is 0 Å². The van der Waals surface area contributed by atoms with Gasteiger partial charge in [-0.3, -0.25) is 19.5 Å². The third-order valence-electron chi connectivity index (χ3n) is 5.64. The minimum Gasteiger partial charge on any atom is -0.493 e. The highest BCUT2D eigenvalue weighted by molar-refractivity contribution is 7.92. The van der Waals surface area contributed by atoms with Gasteiger partial charge in [-0.05, 0) is 47.9 Å². The normalized spacial score (nSPS) is 11.7. The lowest BCUT2D eigenvalue weighted by Gasteiger charge is -2.12. The molecule has 1 aromatic heterocycles. The number of aliphatic imine (C=N–C) groups is 1. The second-order valence-electron chi connectivity index (χ2n) is 8.05. The summed E-state index contributed by atoms with van der Waals surface area (Å²) in [7, 11) is -3.80. The summed E-state index contributed by atoms with van der Waals surface area (Å²) in [5, 5.41) is 12.5. The van der Waals surface area contributed by atoms with Gasteiger partial charge >= 0.3 is 5.69 Å². The predicted octanol–water partition coefficient (Wildman–Crippen LogP) is 3.94. The molecule has 4 aromatic carbocycles.